The van der Waals surface area contributed by atoms with E-state index in [0.29, 0.717) is 36.8 Å². The number of aromatic nitrogens is 1. The number of benzene rings is 2. The summed E-state index contributed by atoms with van der Waals surface area (Å²) in [6.07, 6.45) is 7.58. The van der Waals surface area contributed by atoms with Gasteiger partial charge in [0.1, 0.15) is 17.4 Å². The summed E-state index contributed by atoms with van der Waals surface area (Å²) in [4.78, 5) is 6.59. The monoisotopic (exact) mass is 645 g/mol. The lowest BCUT2D eigenvalue weighted by molar-refractivity contribution is 0.0410. The molecule has 1 aliphatic rings. The van der Waals surface area contributed by atoms with Crippen LogP contribution in [0.15, 0.2) is 83.8 Å². The van der Waals surface area contributed by atoms with Crippen LogP contribution in [0.25, 0.3) is 0 Å². The van der Waals surface area contributed by atoms with E-state index in [1.54, 1.807) is 19.3 Å². The zero-order chi connectivity index (χ0) is 33.8. The molecule has 0 radical (unpaired) electrons. The first-order valence-corrected chi connectivity index (χ1v) is 16.6. The molecule has 7 nitrogen and oxygen atoms in total. The maximum Gasteiger partial charge on any atom is 0.134 e. The molecule has 0 amide bonds. The predicted molar refractivity (Wildman–Crippen MR) is 187 cm³/mol. The average Bonchev–Trinajstić information content (AvgIpc) is 3.08. The van der Waals surface area contributed by atoms with E-state index in [2.05, 4.69) is 54.3 Å². The molecule has 4 rings (SSSR count). The van der Waals surface area contributed by atoms with Gasteiger partial charge in [-0.2, -0.15) is 0 Å². The number of allylic oxidation sites excluding steroid dienone is 2. The summed E-state index contributed by atoms with van der Waals surface area (Å²) in [5, 5.41) is 16.3. The fourth-order valence-electron chi connectivity index (χ4n) is 5.96. The Kier molecular flexibility index (Phi) is 13.5. The van der Waals surface area contributed by atoms with Crippen molar-refractivity contribution in [3.05, 3.63) is 107 Å². The largest absolute Gasteiger partial charge is 0.494 e. The number of ether oxygens (including phenoxy) is 2. The van der Waals surface area contributed by atoms with Crippen LogP contribution in [0.4, 0.5) is 20.2 Å². The molecule has 1 saturated heterocycles. The zero-order valence-electron chi connectivity index (χ0n) is 28.3. The Hall–Kier alpha value is -4.08. The van der Waals surface area contributed by atoms with Crippen molar-refractivity contribution in [2.24, 2.45) is 11.8 Å². The Morgan fingerprint density at radius 2 is 1.74 bits per heavy atom. The van der Waals surface area contributed by atoms with E-state index in [4.69, 9.17) is 9.47 Å². The molecule has 1 aliphatic heterocycles. The minimum Gasteiger partial charge on any atom is -0.494 e. The maximum atomic E-state index is 14.8. The first-order valence-electron chi connectivity index (χ1n) is 16.6. The van der Waals surface area contributed by atoms with Crippen molar-refractivity contribution in [2.75, 3.05) is 50.1 Å². The summed E-state index contributed by atoms with van der Waals surface area (Å²) in [7, 11) is 0. The Labute approximate surface area is 278 Å². The van der Waals surface area contributed by atoms with Gasteiger partial charge in [0.05, 0.1) is 19.8 Å². The van der Waals surface area contributed by atoms with Gasteiger partial charge in [0.2, 0.25) is 0 Å². The number of morpholine rings is 1. The summed E-state index contributed by atoms with van der Waals surface area (Å²) >= 11 is 0. The minimum absolute atomic E-state index is 0.0622. The lowest BCUT2D eigenvalue weighted by atomic mass is 9.79. The molecule has 2 heterocycles. The fraction of sp³-hybridized carbons (Fsp3) is 0.421. The van der Waals surface area contributed by atoms with Gasteiger partial charge in [-0.15, -0.1) is 0 Å². The molecule has 3 aromatic rings. The Bertz CT molecular complexity index is 1510. The van der Waals surface area contributed by atoms with Gasteiger partial charge in [-0.1, -0.05) is 50.1 Å². The standard InChI is InChI=1S/C38H49F2N5O2/c1-6-26(4)37(44-29-13-15-42-16-14-29)21-28(25-45-17-19-46-20-18-45)31(7-2)27(5)38(41)32-11-9-10-12-36(32)43-24-33-34(39)22-30(47-8-3)23-35(33)40/h9-16,21-23,27,31,41,43H,6-8,17-20,24-25H2,1-5H3,(H,42,44)/b28-21-,37-26?,41-38?. The van der Waals surface area contributed by atoms with Crippen molar-refractivity contribution in [3.8, 4) is 5.75 Å². The summed E-state index contributed by atoms with van der Waals surface area (Å²) in [6.45, 7) is 14.5. The van der Waals surface area contributed by atoms with Gasteiger partial charge in [-0.3, -0.25) is 9.88 Å². The third kappa shape index (κ3) is 9.72. The third-order valence-corrected chi connectivity index (χ3v) is 8.86. The predicted octanol–water partition coefficient (Wildman–Crippen LogP) is 8.46. The Morgan fingerprint density at radius 1 is 1.06 bits per heavy atom. The first-order chi connectivity index (χ1) is 22.7. The van der Waals surface area contributed by atoms with Gasteiger partial charge in [0.25, 0.3) is 0 Å². The van der Waals surface area contributed by atoms with E-state index < -0.39 is 11.6 Å². The molecule has 0 aliphatic carbocycles. The SMILES string of the molecule is CCOc1cc(F)c(CNc2ccccc2C(=N)C(C)C(CC)/C(=C\C(Nc2ccncc2)=C(C)CC)CN2CCOCC2)c(F)c1. The van der Waals surface area contributed by atoms with Crippen LogP contribution in [0, 0.1) is 28.9 Å². The number of rotatable bonds is 16. The number of nitrogens with zero attached hydrogens (tertiary/aromatic N) is 2. The van der Waals surface area contributed by atoms with Gasteiger partial charge >= 0.3 is 0 Å². The van der Waals surface area contributed by atoms with Crippen molar-refractivity contribution in [1.29, 1.82) is 5.41 Å². The van der Waals surface area contributed by atoms with Crippen LogP contribution < -0.4 is 15.4 Å². The Balaban J connectivity index is 1.64. The zero-order valence-corrected chi connectivity index (χ0v) is 28.3. The minimum atomic E-state index is -0.669. The second kappa shape index (κ2) is 17.7. The topological polar surface area (TPSA) is 82.5 Å². The van der Waals surface area contributed by atoms with Crippen LogP contribution in [0.2, 0.25) is 0 Å². The molecule has 0 bridgehead atoms. The van der Waals surface area contributed by atoms with Gasteiger partial charge in [-0.25, -0.2) is 8.78 Å². The molecule has 9 heteroatoms. The van der Waals surface area contributed by atoms with Crippen LogP contribution in [0.5, 0.6) is 5.75 Å². The molecule has 2 unspecified atom stereocenters. The van der Waals surface area contributed by atoms with E-state index in [9.17, 15) is 14.2 Å². The normalized spacial score (nSPS) is 15.9. The van der Waals surface area contributed by atoms with Crippen LogP contribution in [0.3, 0.4) is 0 Å². The molecular weight excluding hydrogens is 596 g/mol. The highest BCUT2D eigenvalue weighted by atomic mass is 19.1. The van der Waals surface area contributed by atoms with E-state index >= 15 is 0 Å². The maximum absolute atomic E-state index is 14.8. The van der Waals surface area contributed by atoms with E-state index in [0.717, 1.165) is 43.9 Å². The molecule has 3 N–H and O–H groups in total. The van der Waals surface area contributed by atoms with Crippen LogP contribution >= 0.6 is 0 Å². The molecule has 2 atom stereocenters. The van der Waals surface area contributed by atoms with Gasteiger partial charge in [0, 0.05) is 90.5 Å². The second-order valence-electron chi connectivity index (χ2n) is 11.9. The molecule has 0 saturated carbocycles. The smallest absolute Gasteiger partial charge is 0.134 e. The van der Waals surface area contributed by atoms with Gasteiger partial charge in [0.15, 0.2) is 0 Å². The van der Waals surface area contributed by atoms with Crippen molar-refractivity contribution in [1.82, 2.24) is 9.88 Å². The molecule has 47 heavy (non-hydrogen) atoms. The van der Waals surface area contributed by atoms with E-state index in [-0.39, 0.29) is 29.7 Å². The molecule has 1 fully saturated rings. The molecule has 0 spiro atoms. The summed E-state index contributed by atoms with van der Waals surface area (Å²) in [5.74, 6) is -1.25. The van der Waals surface area contributed by atoms with E-state index in [1.165, 1.54) is 23.3 Å². The highest BCUT2D eigenvalue weighted by molar-refractivity contribution is 6.04. The number of nitrogens with one attached hydrogen (secondary N) is 3. The quantitative estimate of drug-likeness (QED) is 0.107. The first kappa shape index (κ1) is 35.8. The number of pyridine rings is 1. The summed E-state index contributed by atoms with van der Waals surface area (Å²) < 4.78 is 40.6. The van der Waals surface area contributed by atoms with E-state index in [1.807, 2.05) is 36.4 Å². The molecule has 252 valence electrons. The fourth-order valence-corrected chi connectivity index (χ4v) is 5.96. The van der Waals surface area contributed by atoms with Crippen LogP contribution in [-0.4, -0.2) is 55.1 Å². The van der Waals surface area contributed by atoms with Crippen molar-refractivity contribution in [3.63, 3.8) is 0 Å². The summed E-state index contributed by atoms with van der Waals surface area (Å²) in [6, 6.07) is 13.9. The number of halogens is 2. The van der Waals surface area contributed by atoms with Gasteiger partial charge < -0.3 is 25.5 Å². The number of hydrogen-bond donors (Lipinski definition) is 3. The number of hydrogen-bond acceptors (Lipinski definition) is 7. The lowest BCUT2D eigenvalue weighted by Gasteiger charge is -2.33. The van der Waals surface area contributed by atoms with Crippen LogP contribution in [-0.2, 0) is 11.3 Å². The highest BCUT2D eigenvalue weighted by Crippen LogP contribution is 2.32. The highest BCUT2D eigenvalue weighted by Gasteiger charge is 2.28. The van der Waals surface area contributed by atoms with Crippen molar-refractivity contribution < 1.29 is 18.3 Å². The number of anilines is 2. The lowest BCUT2D eigenvalue weighted by Crippen LogP contribution is -2.39. The third-order valence-electron chi connectivity index (χ3n) is 8.86. The average molecular weight is 646 g/mol. The number of para-hydroxylation sites is 1. The van der Waals surface area contributed by atoms with Crippen molar-refractivity contribution in [2.45, 2.75) is 54.0 Å². The van der Waals surface area contributed by atoms with Gasteiger partial charge in [-0.05, 0) is 56.9 Å². The Morgan fingerprint density at radius 3 is 2.38 bits per heavy atom. The molecular formula is C38H49F2N5O2. The molecule has 2 aromatic carbocycles. The second-order valence-corrected chi connectivity index (χ2v) is 11.9. The molecule has 1 aromatic heterocycles. The summed E-state index contributed by atoms with van der Waals surface area (Å²) in [5.41, 5.74) is 6.29. The van der Waals surface area contributed by atoms with Crippen molar-refractivity contribution >= 4 is 17.1 Å². The van der Waals surface area contributed by atoms with Crippen LogP contribution in [0.1, 0.15) is 58.6 Å².